The summed E-state index contributed by atoms with van der Waals surface area (Å²) in [4.78, 5) is 0. The van der Waals surface area contributed by atoms with E-state index in [1.807, 2.05) is 66.7 Å². The van der Waals surface area contributed by atoms with Gasteiger partial charge in [0.15, 0.2) is 0 Å². The first-order chi connectivity index (χ1) is 15.3. The number of benzene rings is 3. The summed E-state index contributed by atoms with van der Waals surface area (Å²) < 4.78 is 11.7. The van der Waals surface area contributed by atoms with Crippen LogP contribution in [0.25, 0.3) is 0 Å². The summed E-state index contributed by atoms with van der Waals surface area (Å²) >= 11 is 0. The molecule has 0 fully saturated rings. The summed E-state index contributed by atoms with van der Waals surface area (Å²) in [6.07, 6.45) is 6.27. The van der Waals surface area contributed by atoms with Gasteiger partial charge in [-0.2, -0.15) is 0 Å². The van der Waals surface area contributed by atoms with Crippen LogP contribution in [-0.4, -0.2) is 19.7 Å². The molecule has 0 bridgehead atoms. The Morgan fingerprint density at radius 2 is 1.29 bits per heavy atom. The number of ether oxygens (including phenoxy) is 2. The van der Waals surface area contributed by atoms with E-state index in [1.165, 1.54) is 25.7 Å². The number of hydrogen-bond donors (Lipinski definition) is 2. The zero-order valence-corrected chi connectivity index (χ0v) is 18.5. The number of hydrogen-bond acceptors (Lipinski definition) is 4. The average molecular weight is 419 g/mol. The lowest BCUT2D eigenvalue weighted by atomic mass is 10.2. The minimum absolute atomic E-state index is 0.790. The van der Waals surface area contributed by atoms with Gasteiger partial charge < -0.3 is 20.1 Å². The van der Waals surface area contributed by atoms with Crippen LogP contribution in [0, 0.1) is 0 Å². The second kappa shape index (κ2) is 13.2. The van der Waals surface area contributed by atoms with Crippen LogP contribution < -0.4 is 20.1 Å². The first-order valence-corrected chi connectivity index (χ1v) is 11.4. The fourth-order valence-electron chi connectivity index (χ4n) is 3.27. The van der Waals surface area contributed by atoms with E-state index < -0.39 is 0 Å². The molecular formula is C27H34N2O2. The van der Waals surface area contributed by atoms with Crippen LogP contribution in [0.1, 0.15) is 39.0 Å². The Labute approximate surface area is 186 Å². The van der Waals surface area contributed by atoms with Gasteiger partial charge in [0.05, 0.1) is 6.61 Å². The van der Waals surface area contributed by atoms with Crippen LogP contribution in [0.5, 0.6) is 17.2 Å². The molecule has 0 saturated carbocycles. The minimum Gasteiger partial charge on any atom is -0.494 e. The van der Waals surface area contributed by atoms with Gasteiger partial charge in [-0.25, -0.2) is 0 Å². The number of nitrogens with one attached hydrogen (secondary N) is 2. The van der Waals surface area contributed by atoms with Gasteiger partial charge in [-0.05, 0) is 55.0 Å². The molecule has 2 N–H and O–H groups in total. The quantitative estimate of drug-likeness (QED) is 0.269. The van der Waals surface area contributed by atoms with Crippen molar-refractivity contribution in [1.82, 2.24) is 0 Å². The van der Waals surface area contributed by atoms with Gasteiger partial charge in [-0.15, -0.1) is 0 Å². The third-order valence-corrected chi connectivity index (χ3v) is 4.97. The van der Waals surface area contributed by atoms with Gasteiger partial charge in [0.2, 0.25) is 0 Å². The molecule has 3 aromatic carbocycles. The Morgan fingerprint density at radius 3 is 2.06 bits per heavy atom. The van der Waals surface area contributed by atoms with E-state index in [0.717, 1.165) is 54.7 Å². The number of rotatable bonds is 14. The third-order valence-electron chi connectivity index (χ3n) is 4.97. The van der Waals surface area contributed by atoms with E-state index in [4.69, 9.17) is 9.47 Å². The van der Waals surface area contributed by atoms with E-state index in [9.17, 15) is 0 Å². The maximum Gasteiger partial charge on any atom is 0.127 e. The first kappa shape index (κ1) is 22.5. The zero-order chi connectivity index (χ0) is 21.6. The normalized spacial score (nSPS) is 10.5. The molecule has 0 amide bonds. The molecule has 0 heterocycles. The van der Waals surface area contributed by atoms with Crippen LogP contribution in [0.2, 0.25) is 0 Å². The molecule has 0 aliphatic rings. The SMILES string of the molecule is CCCCCCCOc1cccc(NCCNc2ccc(Oc3ccccc3)cc2)c1. The van der Waals surface area contributed by atoms with Gasteiger partial charge in [0.25, 0.3) is 0 Å². The zero-order valence-electron chi connectivity index (χ0n) is 18.5. The van der Waals surface area contributed by atoms with Gasteiger partial charge in [0, 0.05) is 30.5 Å². The van der Waals surface area contributed by atoms with Crippen LogP contribution in [-0.2, 0) is 0 Å². The van der Waals surface area contributed by atoms with E-state index in [0.29, 0.717) is 0 Å². The van der Waals surface area contributed by atoms with E-state index in [2.05, 4.69) is 29.7 Å². The van der Waals surface area contributed by atoms with Crippen molar-refractivity contribution in [1.29, 1.82) is 0 Å². The molecule has 3 aromatic rings. The standard InChI is InChI=1S/C27H34N2O2/c1-2-3-4-5-9-21-30-27-14-10-11-24(22-27)29-20-19-28-23-15-17-26(18-16-23)31-25-12-7-6-8-13-25/h6-8,10-18,22,28-29H,2-5,9,19-21H2,1H3. The molecular weight excluding hydrogens is 384 g/mol. The van der Waals surface area contributed by atoms with Crippen molar-refractivity contribution < 1.29 is 9.47 Å². The van der Waals surface area contributed by atoms with Crippen LogP contribution in [0.4, 0.5) is 11.4 Å². The van der Waals surface area contributed by atoms with Crippen molar-refractivity contribution >= 4 is 11.4 Å². The van der Waals surface area contributed by atoms with Crippen molar-refractivity contribution in [2.75, 3.05) is 30.3 Å². The molecule has 4 heteroatoms. The second-order valence-corrected chi connectivity index (χ2v) is 7.58. The van der Waals surface area contributed by atoms with E-state index in [-0.39, 0.29) is 0 Å². The lowest BCUT2D eigenvalue weighted by Gasteiger charge is -2.11. The van der Waals surface area contributed by atoms with Crippen molar-refractivity contribution in [2.45, 2.75) is 39.0 Å². The number of unbranched alkanes of at least 4 members (excludes halogenated alkanes) is 4. The topological polar surface area (TPSA) is 42.5 Å². The summed E-state index contributed by atoms with van der Waals surface area (Å²) in [5.41, 5.74) is 2.15. The Hall–Kier alpha value is -3.14. The number of anilines is 2. The largest absolute Gasteiger partial charge is 0.494 e. The van der Waals surface area contributed by atoms with Gasteiger partial charge in [-0.3, -0.25) is 0 Å². The van der Waals surface area contributed by atoms with Crippen molar-refractivity contribution in [2.24, 2.45) is 0 Å². The lowest BCUT2D eigenvalue weighted by molar-refractivity contribution is 0.304. The molecule has 3 rings (SSSR count). The molecule has 31 heavy (non-hydrogen) atoms. The van der Waals surface area contributed by atoms with Gasteiger partial charge >= 0.3 is 0 Å². The summed E-state index contributed by atoms with van der Waals surface area (Å²) in [6, 6.07) is 26.0. The average Bonchev–Trinajstić information content (AvgIpc) is 2.81. The van der Waals surface area contributed by atoms with Gasteiger partial charge in [-0.1, -0.05) is 56.9 Å². The van der Waals surface area contributed by atoms with Gasteiger partial charge in [0.1, 0.15) is 17.2 Å². The van der Waals surface area contributed by atoms with Crippen molar-refractivity contribution in [3.8, 4) is 17.2 Å². The van der Waals surface area contributed by atoms with E-state index in [1.54, 1.807) is 0 Å². The lowest BCUT2D eigenvalue weighted by Crippen LogP contribution is -2.13. The van der Waals surface area contributed by atoms with Crippen molar-refractivity contribution in [3.05, 3.63) is 78.9 Å². The predicted octanol–water partition coefficient (Wildman–Crippen LogP) is 7.35. The molecule has 0 atom stereocenters. The highest BCUT2D eigenvalue weighted by Crippen LogP contribution is 2.22. The maximum atomic E-state index is 5.89. The predicted molar refractivity (Wildman–Crippen MR) is 131 cm³/mol. The molecule has 164 valence electrons. The van der Waals surface area contributed by atoms with Crippen LogP contribution >= 0.6 is 0 Å². The van der Waals surface area contributed by atoms with Crippen LogP contribution in [0.15, 0.2) is 78.9 Å². The Morgan fingerprint density at radius 1 is 0.613 bits per heavy atom. The highest BCUT2D eigenvalue weighted by molar-refractivity contribution is 5.49. The summed E-state index contributed by atoms with van der Waals surface area (Å²) in [7, 11) is 0. The van der Waals surface area contributed by atoms with Crippen LogP contribution in [0.3, 0.4) is 0 Å². The molecule has 0 saturated heterocycles. The fourth-order valence-corrected chi connectivity index (χ4v) is 3.27. The Bertz CT molecular complexity index is 866. The summed E-state index contributed by atoms with van der Waals surface area (Å²) in [5.74, 6) is 2.61. The highest BCUT2D eigenvalue weighted by atomic mass is 16.5. The monoisotopic (exact) mass is 418 g/mol. The second-order valence-electron chi connectivity index (χ2n) is 7.58. The Kier molecular flexibility index (Phi) is 9.61. The summed E-state index contributed by atoms with van der Waals surface area (Å²) in [6.45, 7) is 4.67. The molecule has 0 aromatic heterocycles. The minimum atomic E-state index is 0.790. The molecule has 0 unspecified atom stereocenters. The molecule has 0 radical (unpaired) electrons. The van der Waals surface area contributed by atoms with Crippen molar-refractivity contribution in [3.63, 3.8) is 0 Å². The molecule has 4 nitrogen and oxygen atoms in total. The first-order valence-electron chi connectivity index (χ1n) is 11.4. The molecule has 0 spiro atoms. The third kappa shape index (κ3) is 8.63. The molecule has 0 aliphatic heterocycles. The summed E-state index contributed by atoms with van der Waals surface area (Å²) in [5, 5.41) is 6.88. The number of para-hydroxylation sites is 1. The molecule has 0 aliphatic carbocycles. The maximum absolute atomic E-state index is 5.89. The fraction of sp³-hybridized carbons (Fsp3) is 0.333. The highest BCUT2D eigenvalue weighted by Gasteiger charge is 1.99. The smallest absolute Gasteiger partial charge is 0.127 e. The Balaban J connectivity index is 1.34. The van der Waals surface area contributed by atoms with E-state index >= 15 is 0 Å².